The summed E-state index contributed by atoms with van der Waals surface area (Å²) in [7, 11) is 0. The molecule has 3 rings (SSSR count). The van der Waals surface area contributed by atoms with Gasteiger partial charge in [0.25, 0.3) is 0 Å². The minimum absolute atomic E-state index is 0.241. The molecule has 2 N–H and O–H groups in total. The fourth-order valence-electron chi connectivity index (χ4n) is 2.22. The highest BCUT2D eigenvalue weighted by atomic mass is 35.5. The van der Waals surface area contributed by atoms with Crippen molar-refractivity contribution in [2.45, 2.75) is 12.2 Å². The van der Waals surface area contributed by atoms with Crippen molar-refractivity contribution in [3.05, 3.63) is 59.1 Å². The molecule has 1 aliphatic heterocycles. The predicted molar refractivity (Wildman–Crippen MR) is 74.7 cm³/mol. The van der Waals surface area contributed by atoms with E-state index in [9.17, 15) is 0 Å². The summed E-state index contributed by atoms with van der Waals surface area (Å²) < 4.78 is 11.9. The number of halogens is 1. The van der Waals surface area contributed by atoms with Crippen molar-refractivity contribution in [2.24, 2.45) is 5.73 Å². The summed E-state index contributed by atoms with van der Waals surface area (Å²) in [5.74, 6) is 1.44. The number of hydrogen-bond donors (Lipinski definition) is 1. The maximum atomic E-state index is 6.23. The van der Waals surface area contributed by atoms with E-state index in [0.717, 1.165) is 17.1 Å². The number of fused-ring (bicyclic) bond motifs is 1. The van der Waals surface area contributed by atoms with Crippen LogP contribution in [0.1, 0.15) is 11.7 Å². The summed E-state index contributed by atoms with van der Waals surface area (Å²) in [6.45, 7) is 0.365. The van der Waals surface area contributed by atoms with Crippen LogP contribution in [0.3, 0.4) is 0 Å². The molecule has 0 amide bonds. The van der Waals surface area contributed by atoms with Gasteiger partial charge >= 0.3 is 0 Å². The normalized spacial score (nSPS) is 21.2. The van der Waals surface area contributed by atoms with Crippen molar-refractivity contribution in [3.63, 3.8) is 0 Å². The predicted octanol–water partition coefficient (Wildman–Crippen LogP) is 3.18. The van der Waals surface area contributed by atoms with E-state index in [2.05, 4.69) is 0 Å². The zero-order valence-electron chi connectivity index (χ0n) is 10.3. The summed E-state index contributed by atoms with van der Waals surface area (Å²) in [6, 6.07) is 15.2. The molecule has 2 aromatic rings. The summed E-state index contributed by atoms with van der Waals surface area (Å²) >= 11 is 6.23. The Morgan fingerprint density at radius 3 is 2.26 bits per heavy atom. The Labute approximate surface area is 116 Å². The van der Waals surface area contributed by atoms with Crippen LogP contribution in [0.2, 0.25) is 5.02 Å². The zero-order valence-corrected chi connectivity index (χ0v) is 11.0. The number of hydrogen-bond acceptors (Lipinski definition) is 3. The second-order valence-electron chi connectivity index (χ2n) is 4.40. The molecular weight excluding hydrogens is 262 g/mol. The van der Waals surface area contributed by atoms with E-state index in [1.54, 1.807) is 0 Å². The van der Waals surface area contributed by atoms with Gasteiger partial charge in [-0.2, -0.15) is 0 Å². The van der Waals surface area contributed by atoms with Gasteiger partial charge in [-0.15, -0.1) is 0 Å². The number of benzene rings is 2. The van der Waals surface area contributed by atoms with E-state index in [0.29, 0.717) is 11.6 Å². The summed E-state index contributed by atoms with van der Waals surface area (Å²) in [4.78, 5) is 0. The maximum absolute atomic E-state index is 6.23. The Balaban J connectivity index is 2.00. The Kier molecular flexibility index (Phi) is 3.32. The van der Waals surface area contributed by atoms with Gasteiger partial charge in [0.1, 0.15) is 0 Å². The molecule has 1 heterocycles. The molecule has 0 spiro atoms. The average molecular weight is 276 g/mol. The largest absolute Gasteiger partial charge is 0.481 e. The zero-order chi connectivity index (χ0) is 13.2. The van der Waals surface area contributed by atoms with Crippen LogP contribution in [0, 0.1) is 0 Å². The molecule has 2 unspecified atom stereocenters. The first kappa shape index (κ1) is 12.3. The quantitative estimate of drug-likeness (QED) is 0.915. The third kappa shape index (κ3) is 2.27. The van der Waals surface area contributed by atoms with Crippen LogP contribution in [0.15, 0.2) is 48.5 Å². The molecule has 98 valence electrons. The molecule has 2 atom stereocenters. The van der Waals surface area contributed by atoms with Crippen molar-refractivity contribution in [1.29, 1.82) is 0 Å². The fraction of sp³-hybridized carbons (Fsp3) is 0.200. The monoisotopic (exact) mass is 275 g/mol. The first-order valence-electron chi connectivity index (χ1n) is 6.16. The van der Waals surface area contributed by atoms with E-state index in [4.69, 9.17) is 26.8 Å². The molecule has 0 saturated carbocycles. The highest BCUT2D eigenvalue weighted by Crippen LogP contribution is 2.40. The molecule has 19 heavy (non-hydrogen) atoms. The molecule has 0 bridgehead atoms. The first-order valence-corrected chi connectivity index (χ1v) is 6.54. The molecule has 0 aliphatic carbocycles. The lowest BCUT2D eigenvalue weighted by molar-refractivity contribution is 0.0250. The van der Waals surface area contributed by atoms with Gasteiger partial charge in [-0.05, 0) is 18.2 Å². The molecular formula is C15H14ClNO2. The summed E-state index contributed by atoms with van der Waals surface area (Å²) in [5, 5.41) is 0.661. The lowest BCUT2D eigenvalue weighted by Crippen LogP contribution is -2.39. The number of rotatable bonds is 2. The standard InChI is InChI=1S/C15H14ClNO2/c16-11-6-2-1-5-10(11)15-14(9-17)18-12-7-3-4-8-13(12)19-15/h1-8,14-15H,9,17H2. The van der Waals surface area contributed by atoms with Crippen molar-refractivity contribution < 1.29 is 9.47 Å². The minimum Gasteiger partial charge on any atom is -0.481 e. The van der Waals surface area contributed by atoms with Gasteiger partial charge < -0.3 is 15.2 Å². The minimum atomic E-state index is -0.284. The van der Waals surface area contributed by atoms with Crippen LogP contribution >= 0.6 is 11.6 Å². The van der Waals surface area contributed by atoms with Crippen molar-refractivity contribution in [2.75, 3.05) is 6.54 Å². The van der Waals surface area contributed by atoms with Crippen LogP contribution in [0.4, 0.5) is 0 Å². The van der Waals surface area contributed by atoms with Crippen LogP contribution in [-0.4, -0.2) is 12.6 Å². The van der Waals surface area contributed by atoms with Gasteiger partial charge in [0.05, 0.1) is 0 Å². The van der Waals surface area contributed by atoms with Gasteiger partial charge in [-0.1, -0.05) is 41.9 Å². The maximum Gasteiger partial charge on any atom is 0.163 e. The van der Waals surface area contributed by atoms with E-state index in [1.165, 1.54) is 0 Å². The fourth-order valence-corrected chi connectivity index (χ4v) is 2.47. The lowest BCUT2D eigenvalue weighted by Gasteiger charge is -2.34. The van der Waals surface area contributed by atoms with Crippen LogP contribution in [0.25, 0.3) is 0 Å². The Bertz CT molecular complexity index is 588. The van der Waals surface area contributed by atoms with Crippen LogP contribution < -0.4 is 15.2 Å². The first-order chi connectivity index (χ1) is 9.29. The molecule has 2 aromatic carbocycles. The average Bonchev–Trinajstić information content (AvgIpc) is 2.46. The van der Waals surface area contributed by atoms with Crippen molar-refractivity contribution >= 4 is 11.6 Å². The Morgan fingerprint density at radius 1 is 0.947 bits per heavy atom. The van der Waals surface area contributed by atoms with Gasteiger partial charge in [0.2, 0.25) is 0 Å². The highest BCUT2D eigenvalue weighted by Gasteiger charge is 2.32. The molecule has 0 fully saturated rings. The topological polar surface area (TPSA) is 44.5 Å². The van der Waals surface area contributed by atoms with Gasteiger partial charge in [-0.25, -0.2) is 0 Å². The number of ether oxygens (including phenoxy) is 2. The summed E-state index contributed by atoms with van der Waals surface area (Å²) in [5.41, 5.74) is 6.69. The molecule has 3 nitrogen and oxygen atoms in total. The van der Waals surface area contributed by atoms with E-state index >= 15 is 0 Å². The van der Waals surface area contributed by atoms with Crippen molar-refractivity contribution in [3.8, 4) is 11.5 Å². The lowest BCUT2D eigenvalue weighted by atomic mass is 10.0. The van der Waals surface area contributed by atoms with Crippen LogP contribution in [0.5, 0.6) is 11.5 Å². The van der Waals surface area contributed by atoms with Gasteiger partial charge in [0, 0.05) is 17.1 Å². The number of para-hydroxylation sites is 2. The van der Waals surface area contributed by atoms with Gasteiger partial charge in [-0.3, -0.25) is 0 Å². The summed E-state index contributed by atoms with van der Waals surface area (Å²) in [6.07, 6.45) is -0.525. The van der Waals surface area contributed by atoms with Crippen molar-refractivity contribution in [1.82, 2.24) is 0 Å². The van der Waals surface area contributed by atoms with E-state index < -0.39 is 0 Å². The molecule has 1 aliphatic rings. The van der Waals surface area contributed by atoms with E-state index in [1.807, 2.05) is 48.5 Å². The second-order valence-corrected chi connectivity index (χ2v) is 4.81. The Hall–Kier alpha value is -1.71. The third-order valence-corrected chi connectivity index (χ3v) is 3.51. The molecule has 4 heteroatoms. The Morgan fingerprint density at radius 2 is 1.58 bits per heavy atom. The van der Waals surface area contributed by atoms with Crippen LogP contribution in [-0.2, 0) is 0 Å². The molecule has 0 aromatic heterocycles. The smallest absolute Gasteiger partial charge is 0.163 e. The highest BCUT2D eigenvalue weighted by molar-refractivity contribution is 6.31. The molecule has 0 saturated heterocycles. The second kappa shape index (κ2) is 5.11. The van der Waals surface area contributed by atoms with Gasteiger partial charge in [0.15, 0.2) is 23.7 Å². The number of nitrogens with two attached hydrogens (primary N) is 1. The third-order valence-electron chi connectivity index (χ3n) is 3.16. The van der Waals surface area contributed by atoms with E-state index in [-0.39, 0.29) is 12.2 Å². The SMILES string of the molecule is NCC1Oc2ccccc2OC1c1ccccc1Cl. The molecule has 0 radical (unpaired) electrons.